The maximum absolute atomic E-state index is 11.0. The van der Waals surface area contributed by atoms with E-state index in [1.54, 1.807) is 0 Å². The fraction of sp³-hybridized carbons (Fsp3) is 0. The number of hydrogen-bond donors (Lipinski definition) is 5. The lowest BCUT2D eigenvalue weighted by atomic mass is 10.4. The Hall–Kier alpha value is -2.70. The monoisotopic (exact) mass is 303 g/mol. The Bertz CT molecular complexity index is 565. The third-order valence-corrected chi connectivity index (χ3v) is 2.23. The predicted octanol–water partition coefficient (Wildman–Crippen LogP) is -1.78. The van der Waals surface area contributed by atoms with Crippen LogP contribution in [0.2, 0.25) is 5.15 Å². The first kappa shape index (κ1) is 15.4. The number of amides is 5. The molecule has 20 heavy (non-hydrogen) atoms. The summed E-state index contributed by atoms with van der Waals surface area (Å²) in [4.78, 5) is 39.8. The molecule has 0 spiro atoms. The van der Waals surface area contributed by atoms with Gasteiger partial charge in [0.1, 0.15) is 5.69 Å². The molecule has 0 aliphatic heterocycles. The lowest BCUT2D eigenvalue weighted by Crippen LogP contribution is -2.45. The Kier molecular flexibility index (Phi) is 4.58. The third kappa shape index (κ3) is 3.00. The average Bonchev–Trinajstić information content (AvgIpc) is 2.38. The highest BCUT2D eigenvalue weighted by atomic mass is 35.5. The molecule has 0 aliphatic carbocycles. The second-order valence-electron chi connectivity index (χ2n) is 3.19. The van der Waals surface area contributed by atoms with Gasteiger partial charge in [0.25, 0.3) is 5.95 Å². The number of hydrogen-bond acceptors (Lipinski definition) is 7. The van der Waals surface area contributed by atoms with Gasteiger partial charge < -0.3 is 16.8 Å². The largest absolute Gasteiger partial charge is 0.350 e. The molecule has 12 nitrogen and oxygen atoms in total. The molecular formula is C7H10ClN9O3. The molecule has 0 saturated carbocycles. The van der Waals surface area contributed by atoms with Crippen molar-refractivity contribution in [3.05, 3.63) is 5.15 Å². The molecule has 108 valence electrons. The van der Waals surface area contributed by atoms with Crippen LogP contribution < -0.4 is 38.5 Å². The molecule has 0 saturated heterocycles. The maximum atomic E-state index is 11.0. The van der Waals surface area contributed by atoms with Crippen molar-refractivity contribution in [2.45, 2.75) is 0 Å². The summed E-state index contributed by atoms with van der Waals surface area (Å²) in [6, 6.07) is -2.20. The van der Waals surface area contributed by atoms with Crippen LogP contribution in [0.4, 0.5) is 27.0 Å². The zero-order chi connectivity index (χ0) is 15.4. The summed E-state index contributed by atoms with van der Waals surface area (Å²) in [5.74, 6) is 9.82. The summed E-state index contributed by atoms with van der Waals surface area (Å²) in [7, 11) is 0. The minimum absolute atomic E-state index is 0.204. The van der Waals surface area contributed by atoms with Crippen molar-refractivity contribution in [1.29, 1.82) is 0 Å². The molecule has 0 radical (unpaired) electrons. The van der Waals surface area contributed by atoms with E-state index in [9.17, 15) is 14.4 Å². The number of urea groups is 2. The number of carbonyl (C=O) groups excluding carboxylic acids is 3. The fourth-order valence-electron chi connectivity index (χ4n) is 1.08. The molecule has 0 fully saturated rings. The lowest BCUT2D eigenvalue weighted by molar-refractivity contribution is -0.105. The molecule has 1 aromatic heterocycles. The number of nitrogens with one attached hydrogen (secondary N) is 1. The highest BCUT2D eigenvalue weighted by Crippen LogP contribution is 2.30. The lowest BCUT2D eigenvalue weighted by Gasteiger charge is -2.19. The summed E-state index contributed by atoms with van der Waals surface area (Å²) in [6.07, 6.45) is 0.247. The van der Waals surface area contributed by atoms with Crippen LogP contribution in [0.5, 0.6) is 0 Å². The Morgan fingerprint density at radius 2 is 1.70 bits per heavy atom. The van der Waals surface area contributed by atoms with Crippen LogP contribution in [-0.2, 0) is 4.79 Å². The van der Waals surface area contributed by atoms with Gasteiger partial charge in [-0.25, -0.2) is 26.3 Å². The standard InChI is InChI=1S/C7H10ClN9O3/c8-3-2(13-1-18)4(16(11)5(9)19)15-7(14-3)17(12)6(10)20/h1H,11-12H2,(H2,9,19)(H2,10,20)(H,13,18). The molecule has 1 rings (SSSR count). The molecule has 0 aromatic carbocycles. The Morgan fingerprint density at radius 1 is 1.15 bits per heavy atom. The van der Waals surface area contributed by atoms with Gasteiger partial charge in [-0.3, -0.25) is 4.79 Å². The van der Waals surface area contributed by atoms with Gasteiger partial charge in [0.2, 0.25) is 6.41 Å². The van der Waals surface area contributed by atoms with Crippen molar-refractivity contribution in [3.8, 4) is 0 Å². The van der Waals surface area contributed by atoms with Crippen LogP contribution in [0, 0.1) is 0 Å². The van der Waals surface area contributed by atoms with Gasteiger partial charge in [-0.2, -0.15) is 15.0 Å². The van der Waals surface area contributed by atoms with Crippen molar-refractivity contribution < 1.29 is 14.4 Å². The summed E-state index contributed by atoms with van der Waals surface area (Å²) in [5.41, 5.74) is 9.70. The summed E-state index contributed by atoms with van der Waals surface area (Å²) in [5, 5.41) is 2.52. The molecule has 5 amide bonds. The van der Waals surface area contributed by atoms with Crippen LogP contribution in [0.15, 0.2) is 0 Å². The van der Waals surface area contributed by atoms with Gasteiger partial charge >= 0.3 is 12.1 Å². The van der Waals surface area contributed by atoms with Gasteiger partial charge in [0.05, 0.1) is 0 Å². The quantitative estimate of drug-likeness (QED) is 0.142. The SMILES string of the molecule is NC(=O)N(N)c1nc(Cl)c(NC=O)c(N(N)C(N)=O)n1. The van der Waals surface area contributed by atoms with Crippen LogP contribution in [0.25, 0.3) is 0 Å². The highest BCUT2D eigenvalue weighted by Gasteiger charge is 2.22. The van der Waals surface area contributed by atoms with E-state index in [2.05, 4.69) is 15.3 Å². The number of nitrogens with zero attached hydrogens (tertiary/aromatic N) is 4. The molecule has 13 heteroatoms. The van der Waals surface area contributed by atoms with E-state index >= 15 is 0 Å². The normalized spacial score (nSPS) is 9.75. The number of carbonyl (C=O) groups is 3. The van der Waals surface area contributed by atoms with E-state index < -0.39 is 18.0 Å². The van der Waals surface area contributed by atoms with E-state index in [0.717, 1.165) is 0 Å². The van der Waals surface area contributed by atoms with E-state index in [1.165, 1.54) is 0 Å². The second kappa shape index (κ2) is 5.96. The predicted molar refractivity (Wildman–Crippen MR) is 69.2 cm³/mol. The van der Waals surface area contributed by atoms with Gasteiger partial charge in [-0.15, -0.1) is 0 Å². The molecule has 9 N–H and O–H groups in total. The first-order valence-electron chi connectivity index (χ1n) is 4.75. The number of nitrogens with two attached hydrogens (primary N) is 4. The first-order chi connectivity index (χ1) is 9.29. The molecular weight excluding hydrogens is 294 g/mol. The number of halogens is 1. The molecule has 0 atom stereocenters. The van der Waals surface area contributed by atoms with E-state index in [1.807, 2.05) is 0 Å². The maximum Gasteiger partial charge on any atom is 0.336 e. The Labute approximate surface area is 116 Å². The molecule has 0 unspecified atom stereocenters. The average molecular weight is 304 g/mol. The van der Waals surface area contributed by atoms with Crippen LogP contribution in [-0.4, -0.2) is 28.4 Å². The molecule has 1 heterocycles. The van der Waals surface area contributed by atoms with Crippen LogP contribution in [0.1, 0.15) is 0 Å². The molecule has 0 bridgehead atoms. The summed E-state index contributed by atoms with van der Waals surface area (Å²) in [6.45, 7) is 0. The zero-order valence-corrected chi connectivity index (χ0v) is 10.5. The van der Waals surface area contributed by atoms with Gasteiger partial charge in [-0.1, -0.05) is 11.6 Å². The number of aromatic nitrogens is 2. The summed E-state index contributed by atoms with van der Waals surface area (Å²) >= 11 is 5.77. The minimum atomic E-state index is -1.11. The van der Waals surface area contributed by atoms with Gasteiger partial charge in [-0.05, 0) is 0 Å². The van der Waals surface area contributed by atoms with Crippen molar-refractivity contribution in [2.75, 3.05) is 15.3 Å². The van der Waals surface area contributed by atoms with E-state index in [4.69, 9.17) is 34.8 Å². The van der Waals surface area contributed by atoms with Crippen LogP contribution >= 0.6 is 11.6 Å². The smallest absolute Gasteiger partial charge is 0.336 e. The first-order valence-corrected chi connectivity index (χ1v) is 5.13. The van der Waals surface area contributed by atoms with Crippen LogP contribution in [0.3, 0.4) is 0 Å². The Morgan fingerprint density at radius 3 is 2.15 bits per heavy atom. The van der Waals surface area contributed by atoms with Crippen molar-refractivity contribution in [3.63, 3.8) is 0 Å². The molecule has 0 aliphatic rings. The van der Waals surface area contributed by atoms with Gasteiger partial charge in [0.15, 0.2) is 11.0 Å². The fourth-order valence-corrected chi connectivity index (χ4v) is 1.29. The van der Waals surface area contributed by atoms with Crippen molar-refractivity contribution in [1.82, 2.24) is 9.97 Å². The zero-order valence-electron chi connectivity index (χ0n) is 9.78. The van der Waals surface area contributed by atoms with E-state index in [0.29, 0.717) is 10.0 Å². The van der Waals surface area contributed by atoms with Gasteiger partial charge in [0, 0.05) is 0 Å². The Balaban J connectivity index is 3.46. The third-order valence-electron chi connectivity index (χ3n) is 1.96. The highest BCUT2D eigenvalue weighted by molar-refractivity contribution is 6.33. The topological polar surface area (TPSA) is 200 Å². The number of anilines is 3. The minimum Gasteiger partial charge on any atom is -0.350 e. The van der Waals surface area contributed by atoms with E-state index in [-0.39, 0.29) is 23.1 Å². The molecule has 1 aromatic rings. The van der Waals surface area contributed by atoms with Crippen molar-refractivity contribution >= 4 is 47.5 Å². The number of rotatable bonds is 4. The number of hydrazine groups is 2. The summed E-state index contributed by atoms with van der Waals surface area (Å²) < 4.78 is 0. The van der Waals surface area contributed by atoms with Crippen molar-refractivity contribution in [2.24, 2.45) is 23.2 Å². The second-order valence-corrected chi connectivity index (χ2v) is 3.55. The number of primary amides is 2.